The number of carbonyl (C=O) groups is 2. The zero-order chi connectivity index (χ0) is 11.0. The molecule has 4 heteroatoms. The maximum Gasteiger partial charge on any atom is 0.245 e. The number of amides is 2. The molecule has 84 valence electrons. The monoisotopic (exact) mass is 210 g/mol. The van der Waals surface area contributed by atoms with Crippen molar-refractivity contribution in [3.63, 3.8) is 0 Å². The quantitative estimate of drug-likeness (QED) is 0.738. The van der Waals surface area contributed by atoms with Gasteiger partial charge < -0.3 is 10.2 Å². The molecule has 0 aromatic heterocycles. The molecule has 2 atom stereocenters. The van der Waals surface area contributed by atoms with Crippen molar-refractivity contribution in [2.45, 2.75) is 45.2 Å². The zero-order valence-corrected chi connectivity index (χ0v) is 9.32. The number of nitrogens with zero attached hydrogens (tertiary/aromatic N) is 1. The Morgan fingerprint density at radius 1 is 1.40 bits per heavy atom. The second kappa shape index (κ2) is 3.83. The third kappa shape index (κ3) is 1.98. The fourth-order valence-electron chi connectivity index (χ4n) is 2.12. The summed E-state index contributed by atoms with van der Waals surface area (Å²) < 4.78 is 0. The Bertz CT molecular complexity index is 286. The van der Waals surface area contributed by atoms with Crippen LogP contribution in [0, 0.1) is 5.92 Å². The molecule has 1 N–H and O–H groups in total. The number of piperazine rings is 1. The van der Waals surface area contributed by atoms with E-state index in [2.05, 4.69) is 5.32 Å². The molecular weight excluding hydrogens is 192 g/mol. The Labute approximate surface area is 90.0 Å². The van der Waals surface area contributed by atoms with Gasteiger partial charge in [-0.3, -0.25) is 9.59 Å². The van der Waals surface area contributed by atoms with Crippen molar-refractivity contribution in [3.8, 4) is 0 Å². The molecule has 1 heterocycles. The summed E-state index contributed by atoms with van der Waals surface area (Å²) in [4.78, 5) is 25.4. The maximum atomic E-state index is 11.9. The largest absolute Gasteiger partial charge is 0.343 e. The van der Waals surface area contributed by atoms with Crippen LogP contribution in [0.1, 0.15) is 33.1 Å². The van der Waals surface area contributed by atoms with Gasteiger partial charge in [0.05, 0.1) is 0 Å². The lowest BCUT2D eigenvalue weighted by molar-refractivity contribution is -0.149. The van der Waals surface area contributed by atoms with Crippen LogP contribution in [0.3, 0.4) is 0 Å². The first-order valence-electron chi connectivity index (χ1n) is 5.74. The van der Waals surface area contributed by atoms with Crippen LogP contribution >= 0.6 is 0 Å². The number of hydrogen-bond donors (Lipinski definition) is 1. The van der Waals surface area contributed by atoms with Crippen LogP contribution in [0.4, 0.5) is 0 Å². The van der Waals surface area contributed by atoms with Crippen molar-refractivity contribution < 1.29 is 9.59 Å². The van der Waals surface area contributed by atoms with Gasteiger partial charge in [0, 0.05) is 6.54 Å². The van der Waals surface area contributed by atoms with Crippen LogP contribution in [0.2, 0.25) is 0 Å². The summed E-state index contributed by atoms with van der Waals surface area (Å²) in [6.07, 6.45) is 3.11. The highest BCUT2D eigenvalue weighted by atomic mass is 16.2. The second-order valence-electron chi connectivity index (χ2n) is 4.59. The Morgan fingerprint density at radius 2 is 2.07 bits per heavy atom. The van der Waals surface area contributed by atoms with Crippen molar-refractivity contribution in [1.29, 1.82) is 0 Å². The van der Waals surface area contributed by atoms with E-state index in [-0.39, 0.29) is 23.9 Å². The average Bonchev–Trinajstić information content (AvgIpc) is 2.98. The lowest BCUT2D eigenvalue weighted by Gasteiger charge is -2.37. The fourth-order valence-corrected chi connectivity index (χ4v) is 2.12. The molecule has 0 aromatic rings. The lowest BCUT2D eigenvalue weighted by Crippen LogP contribution is -2.62. The number of rotatable bonds is 3. The second-order valence-corrected chi connectivity index (χ2v) is 4.59. The molecule has 2 amide bonds. The maximum absolute atomic E-state index is 11.9. The highest BCUT2D eigenvalue weighted by Crippen LogP contribution is 2.31. The number of carbonyl (C=O) groups excluding carboxylic acids is 2. The van der Waals surface area contributed by atoms with E-state index in [0.29, 0.717) is 12.3 Å². The summed E-state index contributed by atoms with van der Waals surface area (Å²) in [7, 11) is 0. The van der Waals surface area contributed by atoms with Gasteiger partial charge >= 0.3 is 0 Å². The van der Waals surface area contributed by atoms with Gasteiger partial charge in [-0.05, 0) is 32.1 Å². The molecule has 15 heavy (non-hydrogen) atoms. The Balaban J connectivity index is 2.11. The number of hydrogen-bond acceptors (Lipinski definition) is 2. The average molecular weight is 210 g/mol. The van der Waals surface area contributed by atoms with Crippen LogP contribution < -0.4 is 5.32 Å². The molecule has 2 fully saturated rings. The van der Waals surface area contributed by atoms with E-state index in [4.69, 9.17) is 0 Å². The topological polar surface area (TPSA) is 49.4 Å². The van der Waals surface area contributed by atoms with Crippen molar-refractivity contribution in [1.82, 2.24) is 10.2 Å². The van der Waals surface area contributed by atoms with E-state index in [0.717, 1.165) is 6.54 Å². The highest BCUT2D eigenvalue weighted by Gasteiger charge is 2.39. The van der Waals surface area contributed by atoms with Gasteiger partial charge in [-0.2, -0.15) is 0 Å². The molecular formula is C11H18N2O2. The third-order valence-corrected chi connectivity index (χ3v) is 3.23. The van der Waals surface area contributed by atoms with Crippen LogP contribution in [-0.2, 0) is 9.59 Å². The summed E-state index contributed by atoms with van der Waals surface area (Å²) >= 11 is 0. The van der Waals surface area contributed by atoms with E-state index in [1.54, 1.807) is 11.8 Å². The van der Waals surface area contributed by atoms with E-state index in [1.165, 1.54) is 12.8 Å². The van der Waals surface area contributed by atoms with E-state index in [9.17, 15) is 9.59 Å². The molecule has 1 aliphatic heterocycles. The molecule has 0 radical (unpaired) electrons. The van der Waals surface area contributed by atoms with Crippen LogP contribution in [0.5, 0.6) is 0 Å². The van der Waals surface area contributed by atoms with Gasteiger partial charge in [0.25, 0.3) is 0 Å². The third-order valence-electron chi connectivity index (χ3n) is 3.23. The summed E-state index contributed by atoms with van der Waals surface area (Å²) in [6.45, 7) is 4.48. The van der Waals surface area contributed by atoms with Gasteiger partial charge in [-0.1, -0.05) is 6.92 Å². The van der Waals surface area contributed by atoms with Crippen molar-refractivity contribution in [3.05, 3.63) is 0 Å². The molecule has 0 spiro atoms. The predicted octanol–water partition coefficient (Wildman–Crippen LogP) is 0.522. The van der Waals surface area contributed by atoms with Crippen LogP contribution in [-0.4, -0.2) is 35.3 Å². The Kier molecular flexibility index (Phi) is 2.67. The van der Waals surface area contributed by atoms with Crippen molar-refractivity contribution >= 4 is 11.8 Å². The Hall–Kier alpha value is -1.06. The molecule has 2 aliphatic rings. The minimum Gasteiger partial charge on any atom is -0.343 e. The zero-order valence-electron chi connectivity index (χ0n) is 9.32. The van der Waals surface area contributed by atoms with E-state index >= 15 is 0 Å². The van der Waals surface area contributed by atoms with Gasteiger partial charge in [0.15, 0.2) is 0 Å². The SMILES string of the molecule is CCC1C(=O)NC(C)C(=O)N1CC1CC1. The molecule has 1 saturated heterocycles. The smallest absolute Gasteiger partial charge is 0.245 e. The summed E-state index contributed by atoms with van der Waals surface area (Å²) in [5.41, 5.74) is 0. The Morgan fingerprint density at radius 3 is 2.60 bits per heavy atom. The summed E-state index contributed by atoms with van der Waals surface area (Å²) in [6, 6.07) is -0.589. The fraction of sp³-hybridized carbons (Fsp3) is 0.818. The first-order valence-corrected chi connectivity index (χ1v) is 5.74. The highest BCUT2D eigenvalue weighted by molar-refractivity contribution is 5.96. The molecule has 1 saturated carbocycles. The minimum absolute atomic E-state index is 0.00486. The molecule has 0 aromatic carbocycles. The standard InChI is InChI=1S/C11H18N2O2/c1-3-9-10(14)12-7(2)11(15)13(9)6-8-4-5-8/h7-9H,3-6H2,1-2H3,(H,12,14). The van der Waals surface area contributed by atoms with Gasteiger partial charge in [-0.25, -0.2) is 0 Å². The minimum atomic E-state index is -0.348. The summed E-state index contributed by atoms with van der Waals surface area (Å²) in [5.74, 6) is 0.722. The molecule has 4 nitrogen and oxygen atoms in total. The van der Waals surface area contributed by atoms with E-state index in [1.807, 2.05) is 6.92 Å². The predicted molar refractivity (Wildman–Crippen MR) is 56.1 cm³/mol. The van der Waals surface area contributed by atoms with Crippen LogP contribution in [0.25, 0.3) is 0 Å². The van der Waals surface area contributed by atoms with Gasteiger partial charge in [0.1, 0.15) is 12.1 Å². The first kappa shape index (κ1) is 10.5. The molecule has 2 rings (SSSR count). The van der Waals surface area contributed by atoms with Crippen molar-refractivity contribution in [2.75, 3.05) is 6.54 Å². The normalized spacial score (nSPS) is 31.7. The van der Waals surface area contributed by atoms with E-state index < -0.39 is 0 Å². The van der Waals surface area contributed by atoms with Gasteiger partial charge in [0.2, 0.25) is 11.8 Å². The molecule has 2 unspecified atom stereocenters. The first-order chi connectivity index (χ1) is 7.13. The summed E-state index contributed by atoms with van der Waals surface area (Å²) in [5, 5.41) is 2.72. The van der Waals surface area contributed by atoms with Gasteiger partial charge in [-0.15, -0.1) is 0 Å². The van der Waals surface area contributed by atoms with Crippen LogP contribution in [0.15, 0.2) is 0 Å². The van der Waals surface area contributed by atoms with Crippen molar-refractivity contribution in [2.24, 2.45) is 5.92 Å². The lowest BCUT2D eigenvalue weighted by atomic mass is 10.1. The molecule has 0 bridgehead atoms. The number of nitrogens with one attached hydrogen (secondary N) is 1. The molecule has 1 aliphatic carbocycles.